The maximum atomic E-state index is 13.0. The van der Waals surface area contributed by atoms with Gasteiger partial charge in [0.2, 0.25) is 0 Å². The molecule has 1 saturated heterocycles. The predicted molar refractivity (Wildman–Crippen MR) is 158 cm³/mol. The van der Waals surface area contributed by atoms with Gasteiger partial charge in [0, 0.05) is 25.6 Å². The van der Waals surface area contributed by atoms with E-state index in [0.717, 1.165) is 26.8 Å². The van der Waals surface area contributed by atoms with Crippen molar-refractivity contribution in [1.82, 2.24) is 10.4 Å². The number of benzene rings is 3. The number of rotatable bonds is 7. The molecule has 1 fully saturated rings. The Morgan fingerprint density at radius 1 is 1.14 bits per heavy atom. The molecule has 4 rings (SSSR count). The quantitative estimate of drug-likeness (QED) is 0.202. The molecule has 0 atom stereocenters. The average Bonchev–Trinajstić information content (AvgIpc) is 3.11. The molecule has 0 spiro atoms. The van der Waals surface area contributed by atoms with Gasteiger partial charge in [-0.2, -0.15) is 5.01 Å². The van der Waals surface area contributed by atoms with Crippen molar-refractivity contribution in [2.45, 2.75) is 6.61 Å². The van der Waals surface area contributed by atoms with Crippen LogP contribution in [0.2, 0.25) is 10.0 Å². The molecule has 1 N–H and O–H groups in total. The fourth-order valence-electron chi connectivity index (χ4n) is 3.23. The van der Waals surface area contributed by atoms with Crippen LogP contribution < -0.4 is 14.9 Å². The van der Waals surface area contributed by atoms with E-state index in [-0.39, 0.29) is 10.9 Å². The standard InChI is InChI=1S/C25H16Br2Cl2N2O4S2/c1-34-20-9-13(8-18(27)22(20)35-12-15-4-7-17(28)11-19(15)29)10-21-24(33)31(25(36)37-21)30-23(32)14-2-5-16(26)6-3-14/h2-11H,12H2,1H3,(H,30,32)/b21-10-. The van der Waals surface area contributed by atoms with Crippen LogP contribution in [0.3, 0.4) is 0 Å². The lowest BCUT2D eigenvalue weighted by Crippen LogP contribution is -2.44. The first-order valence-electron chi connectivity index (χ1n) is 10.4. The van der Waals surface area contributed by atoms with E-state index in [1.165, 1.54) is 7.11 Å². The topological polar surface area (TPSA) is 67.9 Å². The second kappa shape index (κ2) is 12.2. The number of carbonyl (C=O) groups excluding carboxylic acids is 2. The molecule has 1 aliphatic rings. The lowest BCUT2D eigenvalue weighted by Gasteiger charge is -2.15. The molecule has 6 nitrogen and oxygen atoms in total. The Morgan fingerprint density at radius 2 is 1.86 bits per heavy atom. The van der Waals surface area contributed by atoms with Crippen LogP contribution in [0.5, 0.6) is 11.5 Å². The highest BCUT2D eigenvalue weighted by Gasteiger charge is 2.34. The molecule has 0 bridgehead atoms. The number of thioether (sulfide) groups is 1. The molecule has 190 valence electrons. The van der Waals surface area contributed by atoms with Crippen LogP contribution in [0.1, 0.15) is 21.5 Å². The van der Waals surface area contributed by atoms with Gasteiger partial charge in [-0.1, -0.05) is 57.0 Å². The Bertz CT molecular complexity index is 1430. The van der Waals surface area contributed by atoms with Gasteiger partial charge in [-0.05, 0) is 88.3 Å². The first-order valence-corrected chi connectivity index (χ1v) is 14.0. The highest BCUT2D eigenvalue weighted by atomic mass is 79.9. The normalized spacial score (nSPS) is 14.3. The molecule has 3 aromatic rings. The number of amides is 2. The zero-order valence-corrected chi connectivity index (χ0v) is 25.2. The third-order valence-electron chi connectivity index (χ3n) is 5.05. The van der Waals surface area contributed by atoms with Crippen LogP contribution in [0.15, 0.2) is 68.4 Å². The number of hydrogen-bond acceptors (Lipinski definition) is 6. The van der Waals surface area contributed by atoms with E-state index in [9.17, 15) is 9.59 Å². The van der Waals surface area contributed by atoms with E-state index in [0.29, 0.717) is 42.0 Å². The van der Waals surface area contributed by atoms with Crippen LogP contribution in [0, 0.1) is 0 Å². The van der Waals surface area contributed by atoms with Gasteiger partial charge in [-0.3, -0.25) is 15.0 Å². The number of carbonyl (C=O) groups is 2. The molecule has 0 aromatic heterocycles. The molecule has 0 saturated carbocycles. The third-order valence-corrected chi connectivity index (χ3v) is 8.06. The van der Waals surface area contributed by atoms with Gasteiger partial charge in [-0.15, -0.1) is 0 Å². The van der Waals surface area contributed by atoms with Crippen LogP contribution >= 0.6 is 79.0 Å². The minimum atomic E-state index is -0.447. The van der Waals surface area contributed by atoms with Gasteiger partial charge in [0.15, 0.2) is 15.8 Å². The molecule has 1 aliphatic heterocycles. The SMILES string of the molecule is COc1cc(/C=C2\SC(=S)N(NC(=O)c3ccc(Br)cc3)C2=O)cc(Br)c1OCc1ccc(Cl)cc1Cl. The van der Waals surface area contributed by atoms with Crippen molar-refractivity contribution in [3.05, 3.63) is 95.2 Å². The molecule has 3 aromatic carbocycles. The lowest BCUT2D eigenvalue weighted by molar-refractivity contribution is -0.123. The van der Waals surface area contributed by atoms with Crippen molar-refractivity contribution in [1.29, 1.82) is 0 Å². The summed E-state index contributed by atoms with van der Waals surface area (Å²) < 4.78 is 13.2. The fraction of sp³-hybridized carbons (Fsp3) is 0.0800. The number of thiocarbonyl (C=S) groups is 1. The summed E-state index contributed by atoms with van der Waals surface area (Å²) in [5, 5.41) is 2.10. The Morgan fingerprint density at radius 3 is 2.54 bits per heavy atom. The van der Waals surface area contributed by atoms with Gasteiger partial charge in [0.05, 0.1) is 16.5 Å². The van der Waals surface area contributed by atoms with Gasteiger partial charge in [-0.25, -0.2) is 0 Å². The summed E-state index contributed by atoms with van der Waals surface area (Å²) >= 11 is 25.5. The Kier molecular flexibility index (Phi) is 9.20. The van der Waals surface area contributed by atoms with Gasteiger partial charge < -0.3 is 9.47 Å². The van der Waals surface area contributed by atoms with Crippen molar-refractivity contribution in [2.24, 2.45) is 0 Å². The van der Waals surface area contributed by atoms with E-state index in [4.69, 9.17) is 44.9 Å². The molecule has 0 aliphatic carbocycles. The van der Waals surface area contributed by atoms with Gasteiger partial charge in [0.25, 0.3) is 11.8 Å². The Balaban J connectivity index is 1.51. The molecular weight excluding hydrogens is 687 g/mol. The van der Waals surface area contributed by atoms with Crippen molar-refractivity contribution in [3.63, 3.8) is 0 Å². The summed E-state index contributed by atoms with van der Waals surface area (Å²) in [4.78, 5) is 25.9. The number of hydrazine groups is 1. The predicted octanol–water partition coefficient (Wildman–Crippen LogP) is 7.65. The van der Waals surface area contributed by atoms with Crippen LogP contribution in [-0.4, -0.2) is 28.3 Å². The minimum absolute atomic E-state index is 0.195. The molecule has 1 heterocycles. The number of nitrogens with zero attached hydrogens (tertiary/aromatic N) is 1. The first-order chi connectivity index (χ1) is 17.7. The van der Waals surface area contributed by atoms with Crippen LogP contribution in [0.25, 0.3) is 6.08 Å². The smallest absolute Gasteiger partial charge is 0.285 e. The van der Waals surface area contributed by atoms with Crippen LogP contribution in [-0.2, 0) is 11.4 Å². The summed E-state index contributed by atoms with van der Waals surface area (Å²) in [6.45, 7) is 0.195. The van der Waals surface area contributed by atoms with Crippen molar-refractivity contribution >= 4 is 101 Å². The lowest BCUT2D eigenvalue weighted by atomic mass is 10.1. The number of nitrogens with one attached hydrogen (secondary N) is 1. The second-order valence-electron chi connectivity index (χ2n) is 7.52. The number of hydrogen-bond donors (Lipinski definition) is 1. The van der Waals surface area contributed by atoms with Gasteiger partial charge >= 0.3 is 0 Å². The third kappa shape index (κ3) is 6.68. The van der Waals surface area contributed by atoms with Gasteiger partial charge in [0.1, 0.15) is 6.61 Å². The Hall–Kier alpha value is -2.08. The average molecular weight is 703 g/mol. The zero-order chi connectivity index (χ0) is 26.7. The molecule has 2 amide bonds. The summed E-state index contributed by atoms with van der Waals surface area (Å²) in [5.74, 6) is 0.0368. The zero-order valence-electron chi connectivity index (χ0n) is 18.9. The van der Waals surface area contributed by atoms with Crippen molar-refractivity contribution in [2.75, 3.05) is 7.11 Å². The largest absolute Gasteiger partial charge is 0.493 e. The Labute approximate surface area is 249 Å². The van der Waals surface area contributed by atoms with Crippen LogP contribution in [0.4, 0.5) is 0 Å². The van der Waals surface area contributed by atoms with E-state index in [1.54, 1.807) is 60.7 Å². The fourth-order valence-corrected chi connectivity index (χ4v) is 5.72. The minimum Gasteiger partial charge on any atom is -0.493 e. The molecule has 0 unspecified atom stereocenters. The van der Waals surface area contributed by atoms with E-state index in [2.05, 4.69) is 37.3 Å². The molecule has 37 heavy (non-hydrogen) atoms. The van der Waals surface area contributed by atoms with E-state index < -0.39 is 11.8 Å². The highest BCUT2D eigenvalue weighted by Crippen LogP contribution is 2.39. The summed E-state index contributed by atoms with van der Waals surface area (Å²) in [6.07, 6.45) is 1.66. The van der Waals surface area contributed by atoms with E-state index in [1.807, 2.05) is 0 Å². The highest BCUT2D eigenvalue weighted by molar-refractivity contribution is 9.10. The first kappa shape index (κ1) is 27.9. The number of ether oxygens (including phenoxy) is 2. The maximum absolute atomic E-state index is 13.0. The summed E-state index contributed by atoms with van der Waals surface area (Å²) in [7, 11) is 1.52. The van der Waals surface area contributed by atoms with Crippen molar-refractivity contribution in [3.8, 4) is 11.5 Å². The molecular formula is C25H16Br2Cl2N2O4S2. The van der Waals surface area contributed by atoms with Crippen molar-refractivity contribution < 1.29 is 19.1 Å². The molecule has 0 radical (unpaired) electrons. The maximum Gasteiger partial charge on any atom is 0.285 e. The summed E-state index contributed by atoms with van der Waals surface area (Å²) in [6, 6.07) is 15.4. The number of halogens is 4. The number of methoxy groups -OCH3 is 1. The van der Waals surface area contributed by atoms with E-state index >= 15 is 0 Å². The second-order valence-corrected chi connectivity index (χ2v) is 11.8. The molecule has 12 heteroatoms. The summed E-state index contributed by atoms with van der Waals surface area (Å²) in [5.41, 5.74) is 4.39. The monoisotopic (exact) mass is 700 g/mol.